The monoisotopic (exact) mass is 306 g/mol. The topological polar surface area (TPSA) is 92.5 Å². The van der Waals surface area contributed by atoms with Gasteiger partial charge in [-0.05, 0) is 41.6 Å². The number of nitrogens with one attached hydrogen (secondary N) is 1. The Morgan fingerprint density at radius 1 is 1.38 bits per heavy atom. The third-order valence-corrected chi connectivity index (χ3v) is 4.03. The van der Waals surface area contributed by atoms with Crippen LogP contribution in [0.1, 0.15) is 26.9 Å². The first kappa shape index (κ1) is 15.1. The summed E-state index contributed by atoms with van der Waals surface area (Å²) in [5, 5.41) is 25.0. The van der Waals surface area contributed by atoms with Crippen LogP contribution in [-0.2, 0) is 0 Å². The molecule has 0 aliphatic heterocycles. The van der Waals surface area contributed by atoms with Crippen molar-refractivity contribution in [2.24, 2.45) is 0 Å². The standard InChI is InChI=1S/C14H14N2O4S/c1-9-6-7-21-13(9)14(18)15-8-12(17)10-2-4-11(5-3-10)16(19)20/h2-7,12,17H,8H2,1H3,(H,15,18). The fourth-order valence-electron chi connectivity index (χ4n) is 1.81. The molecule has 2 rings (SSSR count). The molecule has 0 aliphatic rings. The van der Waals surface area contributed by atoms with Gasteiger partial charge in [0.1, 0.15) is 0 Å². The fraction of sp³-hybridized carbons (Fsp3) is 0.214. The Kier molecular flexibility index (Phi) is 4.66. The van der Waals surface area contributed by atoms with Crippen molar-refractivity contribution in [1.82, 2.24) is 5.32 Å². The molecular weight excluding hydrogens is 292 g/mol. The van der Waals surface area contributed by atoms with Gasteiger partial charge in [0.15, 0.2) is 0 Å². The zero-order valence-electron chi connectivity index (χ0n) is 11.3. The van der Waals surface area contributed by atoms with Crippen molar-refractivity contribution in [3.8, 4) is 0 Å². The molecule has 2 N–H and O–H groups in total. The van der Waals surface area contributed by atoms with Crippen molar-refractivity contribution in [2.75, 3.05) is 6.54 Å². The van der Waals surface area contributed by atoms with E-state index in [1.807, 2.05) is 18.4 Å². The number of benzene rings is 1. The molecule has 0 fully saturated rings. The van der Waals surface area contributed by atoms with Crippen LogP contribution in [-0.4, -0.2) is 22.5 Å². The molecule has 1 unspecified atom stereocenters. The predicted octanol–water partition coefficient (Wildman–Crippen LogP) is 2.43. The average molecular weight is 306 g/mol. The number of nitro benzene ring substituents is 1. The van der Waals surface area contributed by atoms with Gasteiger partial charge in [0.05, 0.1) is 15.9 Å². The van der Waals surface area contributed by atoms with Crippen molar-refractivity contribution in [3.05, 3.63) is 61.8 Å². The number of thiophene rings is 1. The molecular formula is C14H14N2O4S. The summed E-state index contributed by atoms with van der Waals surface area (Å²) in [6.45, 7) is 1.89. The highest BCUT2D eigenvalue weighted by Gasteiger charge is 2.14. The quantitative estimate of drug-likeness (QED) is 0.655. The number of nitro groups is 1. The summed E-state index contributed by atoms with van der Waals surface area (Å²) in [7, 11) is 0. The molecule has 1 amide bonds. The van der Waals surface area contributed by atoms with E-state index in [4.69, 9.17) is 0 Å². The van der Waals surface area contributed by atoms with Crippen molar-refractivity contribution in [3.63, 3.8) is 0 Å². The highest BCUT2D eigenvalue weighted by Crippen LogP contribution is 2.18. The number of amides is 1. The van der Waals surface area contributed by atoms with Crippen molar-refractivity contribution in [2.45, 2.75) is 13.0 Å². The number of carbonyl (C=O) groups excluding carboxylic acids is 1. The number of non-ortho nitro benzene ring substituents is 1. The SMILES string of the molecule is Cc1ccsc1C(=O)NCC(O)c1ccc([N+](=O)[O-])cc1. The van der Waals surface area contributed by atoms with E-state index < -0.39 is 11.0 Å². The van der Waals surface area contributed by atoms with E-state index in [2.05, 4.69) is 5.32 Å². The number of aryl methyl sites for hydroxylation is 1. The minimum atomic E-state index is -0.907. The van der Waals surface area contributed by atoms with Crippen LogP contribution in [0.4, 0.5) is 5.69 Å². The van der Waals surface area contributed by atoms with Crippen molar-refractivity contribution < 1.29 is 14.8 Å². The Balaban J connectivity index is 1.95. The summed E-state index contributed by atoms with van der Waals surface area (Å²) < 4.78 is 0. The molecule has 6 nitrogen and oxygen atoms in total. The summed E-state index contributed by atoms with van der Waals surface area (Å²) >= 11 is 1.34. The minimum absolute atomic E-state index is 0.0378. The Morgan fingerprint density at radius 3 is 2.57 bits per heavy atom. The van der Waals surface area contributed by atoms with Gasteiger partial charge in [0.25, 0.3) is 11.6 Å². The van der Waals surface area contributed by atoms with Gasteiger partial charge in [-0.15, -0.1) is 11.3 Å². The second-order valence-corrected chi connectivity index (χ2v) is 5.42. The maximum absolute atomic E-state index is 11.9. The first-order valence-electron chi connectivity index (χ1n) is 6.23. The highest BCUT2D eigenvalue weighted by molar-refractivity contribution is 7.12. The van der Waals surface area contributed by atoms with E-state index in [9.17, 15) is 20.0 Å². The van der Waals surface area contributed by atoms with Gasteiger partial charge in [-0.1, -0.05) is 0 Å². The zero-order valence-corrected chi connectivity index (χ0v) is 12.1. The second kappa shape index (κ2) is 6.47. The molecule has 7 heteroatoms. The van der Waals surface area contributed by atoms with E-state index in [0.29, 0.717) is 10.4 Å². The molecule has 0 radical (unpaired) electrons. The van der Waals surface area contributed by atoms with Gasteiger partial charge in [-0.25, -0.2) is 0 Å². The van der Waals surface area contributed by atoms with Crippen LogP contribution in [0.2, 0.25) is 0 Å². The number of nitrogens with zero attached hydrogens (tertiary/aromatic N) is 1. The smallest absolute Gasteiger partial charge is 0.269 e. The van der Waals surface area contributed by atoms with E-state index in [1.54, 1.807) is 0 Å². The maximum atomic E-state index is 11.9. The van der Waals surface area contributed by atoms with E-state index >= 15 is 0 Å². The molecule has 2 aromatic rings. The van der Waals surface area contributed by atoms with E-state index in [1.165, 1.54) is 35.6 Å². The van der Waals surface area contributed by atoms with Gasteiger partial charge in [-0.3, -0.25) is 14.9 Å². The average Bonchev–Trinajstić information content (AvgIpc) is 2.90. The third-order valence-electron chi connectivity index (χ3n) is 3.01. The second-order valence-electron chi connectivity index (χ2n) is 4.51. The number of aliphatic hydroxyl groups is 1. The number of rotatable bonds is 5. The lowest BCUT2D eigenvalue weighted by Gasteiger charge is -2.12. The molecule has 0 aliphatic carbocycles. The molecule has 0 spiro atoms. The number of aliphatic hydroxyl groups excluding tert-OH is 1. The van der Waals surface area contributed by atoms with Gasteiger partial charge < -0.3 is 10.4 Å². The third kappa shape index (κ3) is 3.65. The predicted molar refractivity (Wildman–Crippen MR) is 79.4 cm³/mol. The van der Waals surface area contributed by atoms with Gasteiger partial charge in [0, 0.05) is 18.7 Å². The van der Waals surface area contributed by atoms with Gasteiger partial charge in [0.2, 0.25) is 0 Å². The summed E-state index contributed by atoms with van der Waals surface area (Å²) in [5.74, 6) is -0.233. The van der Waals surface area contributed by atoms with Crippen LogP contribution >= 0.6 is 11.3 Å². The summed E-state index contributed by atoms with van der Waals surface area (Å²) in [5.41, 5.74) is 1.37. The Hall–Kier alpha value is -2.25. The van der Waals surface area contributed by atoms with Crippen LogP contribution in [0.15, 0.2) is 35.7 Å². The summed E-state index contributed by atoms with van der Waals surface area (Å²) in [6, 6.07) is 7.45. The van der Waals surface area contributed by atoms with Crippen LogP contribution in [0.25, 0.3) is 0 Å². The van der Waals surface area contributed by atoms with Crippen LogP contribution < -0.4 is 5.32 Å². The normalized spacial score (nSPS) is 11.9. The Bertz CT molecular complexity index is 651. The number of hydrogen-bond donors (Lipinski definition) is 2. The molecule has 0 saturated carbocycles. The largest absolute Gasteiger partial charge is 0.387 e. The van der Waals surface area contributed by atoms with Crippen LogP contribution in [0, 0.1) is 17.0 Å². The summed E-state index contributed by atoms with van der Waals surface area (Å²) in [6.07, 6.45) is -0.907. The van der Waals surface area contributed by atoms with Crippen molar-refractivity contribution >= 4 is 22.9 Å². The van der Waals surface area contributed by atoms with E-state index in [-0.39, 0.29) is 18.1 Å². The van der Waals surface area contributed by atoms with E-state index in [0.717, 1.165) is 5.56 Å². The minimum Gasteiger partial charge on any atom is -0.387 e. The number of hydrogen-bond acceptors (Lipinski definition) is 5. The highest BCUT2D eigenvalue weighted by atomic mass is 32.1. The molecule has 1 aromatic carbocycles. The molecule has 110 valence electrons. The van der Waals surface area contributed by atoms with Crippen LogP contribution in [0.5, 0.6) is 0 Å². The molecule has 1 aromatic heterocycles. The summed E-state index contributed by atoms with van der Waals surface area (Å²) in [4.78, 5) is 22.6. The Labute approximate surface area is 125 Å². The molecule has 0 bridgehead atoms. The lowest BCUT2D eigenvalue weighted by molar-refractivity contribution is -0.384. The molecule has 0 saturated heterocycles. The fourth-order valence-corrected chi connectivity index (χ4v) is 2.65. The number of carbonyl (C=O) groups is 1. The zero-order chi connectivity index (χ0) is 15.4. The first-order chi connectivity index (χ1) is 9.99. The molecule has 21 heavy (non-hydrogen) atoms. The van der Waals surface area contributed by atoms with Crippen molar-refractivity contribution in [1.29, 1.82) is 0 Å². The molecule has 1 heterocycles. The van der Waals surface area contributed by atoms with Gasteiger partial charge >= 0.3 is 0 Å². The molecule has 1 atom stereocenters. The maximum Gasteiger partial charge on any atom is 0.269 e. The lowest BCUT2D eigenvalue weighted by Crippen LogP contribution is -2.28. The van der Waals surface area contributed by atoms with Crippen LogP contribution in [0.3, 0.4) is 0 Å². The Morgan fingerprint density at radius 2 is 2.05 bits per heavy atom. The van der Waals surface area contributed by atoms with Gasteiger partial charge in [-0.2, -0.15) is 0 Å². The lowest BCUT2D eigenvalue weighted by atomic mass is 10.1. The first-order valence-corrected chi connectivity index (χ1v) is 7.11.